The Hall–Kier alpha value is -2.29. The van der Waals surface area contributed by atoms with Crippen LogP contribution in [0.4, 0.5) is 0 Å². The van der Waals surface area contributed by atoms with E-state index < -0.39 is 0 Å². The van der Waals surface area contributed by atoms with Gasteiger partial charge in [-0.15, -0.1) is 0 Å². The second kappa shape index (κ2) is 8.88. The van der Waals surface area contributed by atoms with E-state index in [2.05, 4.69) is 70.3 Å². The summed E-state index contributed by atoms with van der Waals surface area (Å²) in [5.74, 6) is 1.06. The van der Waals surface area contributed by atoms with Crippen LogP contribution in [0.3, 0.4) is 0 Å². The van der Waals surface area contributed by atoms with Crippen LogP contribution in [0, 0.1) is 20.8 Å². The topological polar surface area (TPSA) is 38.3 Å². The molecule has 0 saturated carbocycles. The minimum Gasteiger partial charge on any atom is -0.483 e. The van der Waals surface area contributed by atoms with Crippen molar-refractivity contribution in [3.05, 3.63) is 64.2 Å². The van der Waals surface area contributed by atoms with Crippen molar-refractivity contribution in [1.29, 1.82) is 0 Å². The van der Waals surface area contributed by atoms with Gasteiger partial charge in [0, 0.05) is 0 Å². The lowest BCUT2D eigenvalue weighted by atomic mass is 9.99. The third kappa shape index (κ3) is 5.10. The predicted molar refractivity (Wildman–Crippen MR) is 108 cm³/mol. The highest BCUT2D eigenvalue weighted by molar-refractivity contribution is 5.78. The Morgan fingerprint density at radius 3 is 2.38 bits per heavy atom. The first-order valence-corrected chi connectivity index (χ1v) is 9.41. The van der Waals surface area contributed by atoms with Gasteiger partial charge in [-0.05, 0) is 67.0 Å². The Labute approximate surface area is 157 Å². The van der Waals surface area contributed by atoms with Gasteiger partial charge in [0.2, 0.25) is 0 Å². The van der Waals surface area contributed by atoms with Gasteiger partial charge in [-0.1, -0.05) is 51.1 Å². The van der Waals surface area contributed by atoms with E-state index in [1.54, 1.807) is 0 Å². The molecule has 0 fully saturated rings. The number of benzene rings is 2. The number of hydrogen-bond acceptors (Lipinski definition) is 2. The molecule has 3 nitrogen and oxygen atoms in total. The van der Waals surface area contributed by atoms with Crippen LogP contribution in [-0.4, -0.2) is 12.5 Å². The third-order valence-corrected chi connectivity index (χ3v) is 4.83. The molecule has 1 amide bonds. The van der Waals surface area contributed by atoms with Crippen molar-refractivity contribution >= 4 is 5.91 Å². The molecule has 0 spiro atoms. The molecule has 0 aliphatic rings. The van der Waals surface area contributed by atoms with E-state index in [1.165, 1.54) is 11.1 Å². The lowest BCUT2D eigenvalue weighted by Crippen LogP contribution is -2.32. The molecule has 0 heterocycles. The molecule has 2 aromatic carbocycles. The quantitative estimate of drug-likeness (QED) is 0.725. The molecule has 0 radical (unpaired) electrons. The van der Waals surface area contributed by atoms with E-state index in [1.807, 2.05) is 13.0 Å². The average molecular weight is 354 g/mol. The Balaban J connectivity index is 2.03. The second-order valence-electron chi connectivity index (χ2n) is 7.36. The summed E-state index contributed by atoms with van der Waals surface area (Å²) < 4.78 is 5.85. The third-order valence-electron chi connectivity index (χ3n) is 4.83. The molecular formula is C23H31NO2. The highest BCUT2D eigenvalue weighted by atomic mass is 16.5. The minimum atomic E-state index is -0.0914. The number of carbonyl (C=O) groups is 1. The van der Waals surface area contributed by atoms with Crippen LogP contribution in [-0.2, 0) is 4.79 Å². The van der Waals surface area contributed by atoms with E-state index in [0.29, 0.717) is 5.92 Å². The van der Waals surface area contributed by atoms with Gasteiger partial charge in [0.05, 0.1) is 6.04 Å². The molecular weight excluding hydrogens is 322 g/mol. The zero-order chi connectivity index (χ0) is 19.3. The summed E-state index contributed by atoms with van der Waals surface area (Å²) in [5.41, 5.74) is 5.91. The number of nitrogens with one attached hydrogen (secondary N) is 1. The van der Waals surface area contributed by atoms with Crippen molar-refractivity contribution in [3.8, 4) is 5.75 Å². The Bertz CT molecular complexity index is 765. The lowest BCUT2D eigenvalue weighted by Gasteiger charge is -2.20. The van der Waals surface area contributed by atoms with Crippen molar-refractivity contribution < 1.29 is 9.53 Å². The lowest BCUT2D eigenvalue weighted by molar-refractivity contribution is -0.123. The standard InChI is InChI=1S/C23H31NO2/c1-7-21(19-10-9-17(5)18(6)13-19)24-23(25)14-26-22-12-16(4)8-11-20(22)15(2)3/h8-13,15,21H,7,14H2,1-6H3,(H,24,25)/t21-/m1/s1. The highest BCUT2D eigenvalue weighted by Crippen LogP contribution is 2.27. The summed E-state index contributed by atoms with van der Waals surface area (Å²) in [5, 5.41) is 3.10. The largest absolute Gasteiger partial charge is 0.483 e. The number of amides is 1. The summed E-state index contributed by atoms with van der Waals surface area (Å²) in [6, 6.07) is 12.5. The van der Waals surface area contributed by atoms with Crippen LogP contribution in [0.1, 0.15) is 67.0 Å². The van der Waals surface area contributed by atoms with Gasteiger partial charge in [-0.2, -0.15) is 0 Å². The molecule has 1 N–H and O–H groups in total. The molecule has 0 bridgehead atoms. The zero-order valence-electron chi connectivity index (χ0n) is 16.8. The Morgan fingerprint density at radius 1 is 1.04 bits per heavy atom. The monoisotopic (exact) mass is 353 g/mol. The first-order chi connectivity index (χ1) is 12.3. The van der Waals surface area contributed by atoms with Crippen LogP contribution in [0.25, 0.3) is 0 Å². The normalized spacial score (nSPS) is 12.1. The molecule has 2 rings (SSSR count). The molecule has 0 saturated heterocycles. The van der Waals surface area contributed by atoms with Crippen molar-refractivity contribution in [2.75, 3.05) is 6.61 Å². The van der Waals surface area contributed by atoms with E-state index in [0.717, 1.165) is 28.9 Å². The second-order valence-corrected chi connectivity index (χ2v) is 7.36. The summed E-state index contributed by atoms with van der Waals surface area (Å²) >= 11 is 0. The number of aryl methyl sites for hydroxylation is 3. The zero-order valence-corrected chi connectivity index (χ0v) is 16.8. The maximum absolute atomic E-state index is 12.4. The molecule has 3 heteroatoms. The first kappa shape index (κ1) is 20.0. The molecule has 2 aromatic rings. The summed E-state index contributed by atoms with van der Waals surface area (Å²) in [7, 11) is 0. The van der Waals surface area contributed by atoms with Crippen molar-refractivity contribution in [2.24, 2.45) is 0 Å². The molecule has 0 aromatic heterocycles. The molecule has 140 valence electrons. The van der Waals surface area contributed by atoms with Crippen LogP contribution < -0.4 is 10.1 Å². The van der Waals surface area contributed by atoms with Crippen molar-refractivity contribution in [3.63, 3.8) is 0 Å². The van der Waals surface area contributed by atoms with Crippen LogP contribution in [0.2, 0.25) is 0 Å². The number of rotatable bonds is 7. The van der Waals surface area contributed by atoms with Gasteiger partial charge < -0.3 is 10.1 Å². The number of ether oxygens (including phenoxy) is 1. The minimum absolute atomic E-state index is 0.00692. The van der Waals surface area contributed by atoms with Gasteiger partial charge in [0.25, 0.3) is 5.91 Å². The van der Waals surface area contributed by atoms with Gasteiger partial charge in [0.1, 0.15) is 5.75 Å². The molecule has 1 atom stereocenters. The maximum Gasteiger partial charge on any atom is 0.258 e. The van der Waals surface area contributed by atoms with Crippen LogP contribution in [0.5, 0.6) is 5.75 Å². The summed E-state index contributed by atoms with van der Waals surface area (Å²) in [6.45, 7) is 12.6. The fourth-order valence-corrected chi connectivity index (χ4v) is 3.03. The van der Waals surface area contributed by atoms with Gasteiger partial charge in [-0.25, -0.2) is 0 Å². The van der Waals surface area contributed by atoms with E-state index in [9.17, 15) is 4.79 Å². The Kier molecular flexibility index (Phi) is 6.84. The average Bonchev–Trinajstić information content (AvgIpc) is 2.60. The number of hydrogen-bond donors (Lipinski definition) is 1. The van der Waals surface area contributed by atoms with E-state index in [-0.39, 0.29) is 18.6 Å². The first-order valence-electron chi connectivity index (χ1n) is 9.41. The smallest absolute Gasteiger partial charge is 0.258 e. The van der Waals surface area contributed by atoms with E-state index in [4.69, 9.17) is 4.74 Å². The summed E-state index contributed by atoms with van der Waals surface area (Å²) in [4.78, 5) is 12.4. The fourth-order valence-electron chi connectivity index (χ4n) is 3.03. The van der Waals surface area contributed by atoms with Crippen LogP contribution >= 0.6 is 0 Å². The van der Waals surface area contributed by atoms with Gasteiger partial charge in [0.15, 0.2) is 6.61 Å². The SMILES string of the molecule is CC[C@@H](NC(=O)COc1cc(C)ccc1C(C)C)c1ccc(C)c(C)c1. The molecule has 0 aliphatic carbocycles. The fraction of sp³-hybridized carbons (Fsp3) is 0.435. The Morgan fingerprint density at radius 2 is 1.77 bits per heavy atom. The van der Waals surface area contributed by atoms with E-state index >= 15 is 0 Å². The highest BCUT2D eigenvalue weighted by Gasteiger charge is 2.15. The van der Waals surface area contributed by atoms with Gasteiger partial charge >= 0.3 is 0 Å². The number of carbonyl (C=O) groups excluding carboxylic acids is 1. The van der Waals surface area contributed by atoms with Crippen molar-refractivity contribution in [1.82, 2.24) is 5.32 Å². The molecule has 26 heavy (non-hydrogen) atoms. The van der Waals surface area contributed by atoms with Crippen molar-refractivity contribution in [2.45, 2.75) is 59.9 Å². The maximum atomic E-state index is 12.4. The van der Waals surface area contributed by atoms with Crippen LogP contribution in [0.15, 0.2) is 36.4 Å². The van der Waals surface area contributed by atoms with Gasteiger partial charge in [-0.3, -0.25) is 4.79 Å². The predicted octanol–water partition coefficient (Wildman–Crippen LogP) is 5.38. The molecule has 0 unspecified atom stereocenters. The summed E-state index contributed by atoms with van der Waals surface area (Å²) in [6.07, 6.45) is 0.843. The molecule has 0 aliphatic heterocycles.